The number of thioether (sulfide) groups is 1. The zero-order chi connectivity index (χ0) is 26.0. The number of carbonyl (C=O) groups is 2. The first kappa shape index (κ1) is 25.9. The third-order valence-electron chi connectivity index (χ3n) is 6.37. The molecule has 36 heavy (non-hydrogen) atoms. The first-order valence-corrected chi connectivity index (χ1v) is 13.2. The lowest BCUT2D eigenvalue weighted by Gasteiger charge is -2.35. The maximum absolute atomic E-state index is 12.7. The van der Waals surface area contributed by atoms with Crippen LogP contribution in [0.2, 0.25) is 0 Å². The van der Waals surface area contributed by atoms with Gasteiger partial charge in [-0.25, -0.2) is 0 Å². The van der Waals surface area contributed by atoms with Crippen LogP contribution in [0.25, 0.3) is 0 Å². The predicted octanol–water partition coefficient (Wildman–Crippen LogP) is 5.75. The minimum absolute atomic E-state index is 0.290. The summed E-state index contributed by atoms with van der Waals surface area (Å²) >= 11 is 1.14. The number of hydrazone groups is 1. The van der Waals surface area contributed by atoms with Crippen molar-refractivity contribution in [3.05, 3.63) is 59.2 Å². The molecule has 0 bridgehead atoms. The molecule has 0 saturated heterocycles. The zero-order valence-corrected chi connectivity index (χ0v) is 22.7. The van der Waals surface area contributed by atoms with E-state index in [1.54, 1.807) is 21.0 Å². The molecular weight excluding hydrogens is 472 g/mol. The van der Waals surface area contributed by atoms with Crippen LogP contribution in [0.4, 0.5) is 10.5 Å². The van der Waals surface area contributed by atoms with Gasteiger partial charge in [0.05, 0.1) is 23.1 Å². The first-order chi connectivity index (χ1) is 17.2. The molecule has 8 heteroatoms. The molecule has 2 aromatic rings. The van der Waals surface area contributed by atoms with Crippen LogP contribution in [0.3, 0.4) is 0 Å². The van der Waals surface area contributed by atoms with Gasteiger partial charge in [-0.3, -0.25) is 14.6 Å². The summed E-state index contributed by atoms with van der Waals surface area (Å²) in [7, 11) is 1.68. The Kier molecular flexibility index (Phi) is 7.54. The highest BCUT2D eigenvalue weighted by Gasteiger charge is 2.40. The number of hydrogen-bond acceptors (Lipinski definition) is 6. The fourth-order valence-electron chi connectivity index (χ4n) is 4.62. The second-order valence-electron chi connectivity index (χ2n) is 9.73. The van der Waals surface area contributed by atoms with Crippen LogP contribution in [-0.4, -0.2) is 52.6 Å². The number of ether oxygens (including phenoxy) is 1. The van der Waals surface area contributed by atoms with Crippen molar-refractivity contribution in [2.75, 3.05) is 25.1 Å². The Labute approximate surface area is 217 Å². The van der Waals surface area contributed by atoms with Crippen LogP contribution in [0.15, 0.2) is 52.6 Å². The third-order valence-corrected chi connectivity index (χ3v) is 7.42. The summed E-state index contributed by atoms with van der Waals surface area (Å²) in [4.78, 5) is 32.5. The van der Waals surface area contributed by atoms with Gasteiger partial charge < -0.3 is 9.64 Å². The molecule has 7 nitrogen and oxygen atoms in total. The summed E-state index contributed by atoms with van der Waals surface area (Å²) in [5.41, 5.74) is 4.92. The molecule has 2 aliphatic rings. The number of nitrogens with zero attached hydrogens (tertiary/aromatic N) is 4. The van der Waals surface area contributed by atoms with Gasteiger partial charge in [-0.15, -0.1) is 0 Å². The van der Waals surface area contributed by atoms with E-state index in [1.165, 1.54) is 5.56 Å². The quantitative estimate of drug-likeness (QED) is 0.381. The third kappa shape index (κ3) is 4.91. The molecule has 2 aliphatic heterocycles. The SMILES string of the molecule is CC/N=C(/c1ccccc1OC)N1CCCc2cc(C3=NN(C(=O)C(C)C)C(=O)SC3(C)C)ccc21. The highest BCUT2D eigenvalue weighted by Crippen LogP contribution is 2.38. The van der Waals surface area contributed by atoms with E-state index in [-0.39, 0.29) is 17.1 Å². The molecule has 2 amide bonds. The number of carbonyl (C=O) groups excluding carboxylic acids is 2. The molecule has 0 aromatic heterocycles. The number of methoxy groups -OCH3 is 1. The highest BCUT2D eigenvalue weighted by atomic mass is 32.2. The Morgan fingerprint density at radius 1 is 1.22 bits per heavy atom. The minimum Gasteiger partial charge on any atom is -0.496 e. The Morgan fingerprint density at radius 2 is 1.97 bits per heavy atom. The number of aliphatic imine (C=N–C) groups is 1. The monoisotopic (exact) mass is 506 g/mol. The standard InChI is InChI=1S/C28H34N4O3S/c1-7-29-25(21-12-8-9-13-23(21)35-6)31-16-10-11-19-17-20(14-15-22(19)31)24-28(4,5)36-27(34)32(30-24)26(33)18(2)3/h8-9,12-15,17-18H,7,10-11,16H2,1-6H3/b29-25-. The predicted molar refractivity (Wildman–Crippen MR) is 147 cm³/mol. The number of hydrogen-bond donors (Lipinski definition) is 0. The molecule has 0 atom stereocenters. The average Bonchev–Trinajstić information content (AvgIpc) is 2.86. The number of benzene rings is 2. The van der Waals surface area contributed by atoms with E-state index in [4.69, 9.17) is 9.73 Å². The molecule has 0 radical (unpaired) electrons. The summed E-state index contributed by atoms with van der Waals surface area (Å²) in [6.07, 6.45) is 1.91. The molecule has 2 heterocycles. The molecular formula is C28H34N4O3S. The van der Waals surface area contributed by atoms with Crippen LogP contribution >= 0.6 is 11.8 Å². The Hall–Kier alpha value is -3.13. The lowest BCUT2D eigenvalue weighted by molar-refractivity contribution is -0.131. The number of anilines is 1. The van der Waals surface area contributed by atoms with E-state index >= 15 is 0 Å². The lowest BCUT2D eigenvalue weighted by atomic mass is 9.93. The number of amidine groups is 1. The molecule has 2 aromatic carbocycles. The molecule has 0 unspecified atom stereocenters. The van der Waals surface area contributed by atoms with Crippen molar-refractivity contribution in [2.24, 2.45) is 16.0 Å². The van der Waals surface area contributed by atoms with Gasteiger partial charge in [0.1, 0.15) is 11.6 Å². The van der Waals surface area contributed by atoms with Gasteiger partial charge in [-0.2, -0.15) is 10.1 Å². The summed E-state index contributed by atoms with van der Waals surface area (Å²) in [5, 5.41) is 5.29. The van der Waals surface area contributed by atoms with Gasteiger partial charge in [-0.1, -0.05) is 32.0 Å². The molecule has 0 fully saturated rings. The van der Waals surface area contributed by atoms with Crippen molar-refractivity contribution < 1.29 is 14.3 Å². The Balaban J connectivity index is 1.77. The fraction of sp³-hybridized carbons (Fsp3) is 0.429. The number of imide groups is 1. The maximum atomic E-state index is 12.7. The van der Waals surface area contributed by atoms with Crippen molar-refractivity contribution in [3.63, 3.8) is 0 Å². The summed E-state index contributed by atoms with van der Waals surface area (Å²) < 4.78 is 5.09. The second-order valence-corrected chi connectivity index (χ2v) is 11.3. The average molecular weight is 507 g/mol. The van der Waals surface area contributed by atoms with Crippen LogP contribution in [-0.2, 0) is 11.2 Å². The van der Waals surface area contributed by atoms with E-state index in [2.05, 4.69) is 22.1 Å². The van der Waals surface area contributed by atoms with Gasteiger partial charge in [0, 0.05) is 24.7 Å². The Bertz CT molecular complexity index is 1240. The maximum Gasteiger partial charge on any atom is 0.310 e. The smallest absolute Gasteiger partial charge is 0.310 e. The van der Waals surface area contributed by atoms with Crippen LogP contribution < -0.4 is 9.64 Å². The molecule has 0 aliphatic carbocycles. The van der Waals surface area contributed by atoms with Crippen molar-refractivity contribution in [1.29, 1.82) is 0 Å². The normalized spacial score (nSPS) is 17.7. The number of aryl methyl sites for hydroxylation is 1. The molecule has 190 valence electrons. The van der Waals surface area contributed by atoms with Crippen molar-refractivity contribution in [1.82, 2.24) is 5.01 Å². The van der Waals surface area contributed by atoms with Crippen molar-refractivity contribution in [3.8, 4) is 5.75 Å². The van der Waals surface area contributed by atoms with Gasteiger partial charge in [0.15, 0.2) is 0 Å². The van der Waals surface area contributed by atoms with E-state index in [0.29, 0.717) is 6.54 Å². The molecule has 0 saturated carbocycles. The van der Waals surface area contributed by atoms with Crippen LogP contribution in [0.1, 0.15) is 57.7 Å². The van der Waals surface area contributed by atoms with Crippen molar-refractivity contribution >= 4 is 40.1 Å². The van der Waals surface area contributed by atoms with Gasteiger partial charge >= 0.3 is 5.24 Å². The van der Waals surface area contributed by atoms with E-state index in [1.807, 2.05) is 51.1 Å². The van der Waals surface area contributed by atoms with E-state index in [0.717, 1.165) is 70.3 Å². The van der Waals surface area contributed by atoms with Crippen LogP contribution in [0, 0.1) is 5.92 Å². The van der Waals surface area contributed by atoms with E-state index < -0.39 is 4.75 Å². The van der Waals surface area contributed by atoms with Gasteiger partial charge in [0.25, 0.3) is 5.91 Å². The zero-order valence-electron chi connectivity index (χ0n) is 21.9. The number of para-hydroxylation sites is 1. The summed E-state index contributed by atoms with van der Waals surface area (Å²) in [6.45, 7) is 11.1. The lowest BCUT2D eigenvalue weighted by Crippen LogP contribution is -2.44. The number of amides is 2. The first-order valence-electron chi connectivity index (χ1n) is 12.4. The number of rotatable bonds is 5. The van der Waals surface area contributed by atoms with Gasteiger partial charge in [0.2, 0.25) is 0 Å². The van der Waals surface area contributed by atoms with Gasteiger partial charge in [-0.05, 0) is 80.8 Å². The summed E-state index contributed by atoms with van der Waals surface area (Å²) in [6, 6.07) is 14.3. The van der Waals surface area contributed by atoms with Crippen LogP contribution in [0.5, 0.6) is 5.75 Å². The fourth-order valence-corrected chi connectivity index (χ4v) is 5.53. The second kappa shape index (κ2) is 10.5. The molecule has 4 rings (SSSR count). The molecule has 0 N–H and O–H groups in total. The largest absolute Gasteiger partial charge is 0.496 e. The number of fused-ring (bicyclic) bond motifs is 1. The molecule has 0 spiro atoms. The Morgan fingerprint density at radius 3 is 2.67 bits per heavy atom. The highest BCUT2D eigenvalue weighted by molar-refractivity contribution is 8.15. The van der Waals surface area contributed by atoms with E-state index in [9.17, 15) is 9.59 Å². The minimum atomic E-state index is -0.556. The van der Waals surface area contributed by atoms with Crippen molar-refractivity contribution in [2.45, 2.75) is 52.2 Å². The summed E-state index contributed by atoms with van der Waals surface area (Å²) in [5.74, 6) is 1.09. The topological polar surface area (TPSA) is 74.6 Å².